The summed E-state index contributed by atoms with van der Waals surface area (Å²) < 4.78 is 15.3. The van der Waals surface area contributed by atoms with E-state index in [2.05, 4.69) is 42.1 Å². The second-order valence-corrected chi connectivity index (χ2v) is 5.23. The molecule has 0 unspecified atom stereocenters. The summed E-state index contributed by atoms with van der Waals surface area (Å²) in [4.78, 5) is 0. The van der Waals surface area contributed by atoms with Gasteiger partial charge in [-0.2, -0.15) is 0 Å². The van der Waals surface area contributed by atoms with E-state index >= 15 is 0 Å². The van der Waals surface area contributed by atoms with Gasteiger partial charge in [-0.1, -0.05) is 19.9 Å². The van der Waals surface area contributed by atoms with Crippen LogP contribution in [0.3, 0.4) is 0 Å². The molecule has 0 aliphatic rings. The van der Waals surface area contributed by atoms with Crippen LogP contribution >= 0.6 is 0 Å². The molecule has 102 valence electrons. The molecule has 2 rings (SSSR count). The molecule has 3 heteroatoms. The first kappa shape index (κ1) is 13.8. The highest BCUT2D eigenvalue weighted by molar-refractivity contribution is 5.27. The van der Waals surface area contributed by atoms with Crippen LogP contribution in [-0.4, -0.2) is 10.6 Å². The van der Waals surface area contributed by atoms with Gasteiger partial charge in [-0.3, -0.25) is 0 Å². The van der Waals surface area contributed by atoms with E-state index in [0.717, 1.165) is 24.2 Å². The largest absolute Gasteiger partial charge is 0.346 e. The van der Waals surface area contributed by atoms with Gasteiger partial charge in [0.1, 0.15) is 5.82 Å². The van der Waals surface area contributed by atoms with Gasteiger partial charge in [0, 0.05) is 31.0 Å². The third-order valence-corrected chi connectivity index (χ3v) is 3.26. The van der Waals surface area contributed by atoms with Crippen molar-refractivity contribution in [1.29, 1.82) is 0 Å². The third-order valence-electron chi connectivity index (χ3n) is 3.26. The van der Waals surface area contributed by atoms with E-state index in [1.54, 1.807) is 6.07 Å². The molecule has 1 aromatic carbocycles. The fraction of sp³-hybridized carbons (Fsp3) is 0.375. The smallest absolute Gasteiger partial charge is 0.123 e. The Hall–Kier alpha value is -1.61. The first-order chi connectivity index (χ1) is 9.06. The molecule has 0 saturated heterocycles. The Morgan fingerprint density at radius 2 is 2.05 bits per heavy atom. The fourth-order valence-electron chi connectivity index (χ4n) is 2.09. The van der Waals surface area contributed by atoms with E-state index in [9.17, 15) is 4.39 Å². The molecule has 1 heterocycles. The van der Waals surface area contributed by atoms with Crippen LogP contribution in [0.4, 0.5) is 4.39 Å². The van der Waals surface area contributed by atoms with E-state index < -0.39 is 0 Å². The van der Waals surface area contributed by atoms with Crippen molar-refractivity contribution in [2.24, 2.45) is 0 Å². The van der Waals surface area contributed by atoms with E-state index in [4.69, 9.17) is 0 Å². The van der Waals surface area contributed by atoms with Crippen LogP contribution in [0.2, 0.25) is 0 Å². The maximum absolute atomic E-state index is 13.1. The molecule has 0 fully saturated rings. The molecule has 2 nitrogen and oxygen atoms in total. The van der Waals surface area contributed by atoms with Crippen molar-refractivity contribution in [3.63, 3.8) is 0 Å². The molecule has 19 heavy (non-hydrogen) atoms. The van der Waals surface area contributed by atoms with Gasteiger partial charge in [0.05, 0.1) is 0 Å². The lowest BCUT2D eigenvalue weighted by Gasteiger charge is -2.13. The molecule has 1 aromatic heterocycles. The SMILES string of the molecule is Cc1cc(F)ccc1Cn1cccc1CNC(C)C. The predicted octanol–water partition coefficient (Wildman–Crippen LogP) is 3.48. The Morgan fingerprint density at radius 3 is 2.74 bits per heavy atom. The summed E-state index contributed by atoms with van der Waals surface area (Å²) >= 11 is 0. The number of hydrogen-bond acceptors (Lipinski definition) is 1. The Kier molecular flexibility index (Phi) is 4.38. The third kappa shape index (κ3) is 3.67. The number of nitrogens with zero attached hydrogens (tertiary/aromatic N) is 1. The first-order valence-electron chi connectivity index (χ1n) is 6.68. The number of aromatic nitrogens is 1. The minimum atomic E-state index is -0.171. The lowest BCUT2D eigenvalue weighted by Crippen LogP contribution is -2.23. The topological polar surface area (TPSA) is 17.0 Å². The Labute approximate surface area is 114 Å². The zero-order valence-electron chi connectivity index (χ0n) is 11.8. The maximum atomic E-state index is 13.1. The van der Waals surface area contributed by atoms with Gasteiger partial charge in [-0.05, 0) is 42.3 Å². The van der Waals surface area contributed by atoms with E-state index in [-0.39, 0.29) is 5.82 Å². The molecule has 0 radical (unpaired) electrons. The highest BCUT2D eigenvalue weighted by atomic mass is 19.1. The van der Waals surface area contributed by atoms with Crippen molar-refractivity contribution < 1.29 is 4.39 Å². The van der Waals surface area contributed by atoms with Crippen LogP contribution in [0.5, 0.6) is 0 Å². The van der Waals surface area contributed by atoms with Crippen molar-refractivity contribution in [3.8, 4) is 0 Å². The molecular weight excluding hydrogens is 239 g/mol. The van der Waals surface area contributed by atoms with Crippen molar-refractivity contribution in [3.05, 3.63) is 59.2 Å². The summed E-state index contributed by atoms with van der Waals surface area (Å²) in [6.45, 7) is 7.86. The summed E-state index contributed by atoms with van der Waals surface area (Å²) in [5.41, 5.74) is 3.40. The lowest BCUT2D eigenvalue weighted by molar-refractivity contribution is 0.564. The zero-order valence-corrected chi connectivity index (χ0v) is 11.8. The van der Waals surface area contributed by atoms with Gasteiger partial charge in [-0.15, -0.1) is 0 Å². The number of halogens is 1. The number of rotatable bonds is 5. The van der Waals surface area contributed by atoms with Gasteiger partial charge in [0.15, 0.2) is 0 Å². The van der Waals surface area contributed by atoms with E-state index in [1.165, 1.54) is 11.8 Å². The van der Waals surface area contributed by atoms with Gasteiger partial charge in [0.25, 0.3) is 0 Å². The number of hydrogen-bond donors (Lipinski definition) is 1. The van der Waals surface area contributed by atoms with Gasteiger partial charge < -0.3 is 9.88 Å². The average Bonchev–Trinajstić information content (AvgIpc) is 2.77. The lowest BCUT2D eigenvalue weighted by atomic mass is 10.1. The minimum Gasteiger partial charge on any atom is -0.346 e. The highest BCUT2D eigenvalue weighted by Gasteiger charge is 2.05. The Morgan fingerprint density at radius 1 is 1.26 bits per heavy atom. The second kappa shape index (κ2) is 6.02. The Balaban J connectivity index is 2.12. The summed E-state index contributed by atoms with van der Waals surface area (Å²) in [7, 11) is 0. The van der Waals surface area contributed by atoms with Crippen LogP contribution in [0.1, 0.15) is 30.7 Å². The Bertz CT molecular complexity index is 543. The normalized spacial score (nSPS) is 11.2. The van der Waals surface area contributed by atoms with Crippen molar-refractivity contribution in [2.45, 2.75) is 39.9 Å². The fourth-order valence-corrected chi connectivity index (χ4v) is 2.09. The minimum absolute atomic E-state index is 0.171. The van der Waals surface area contributed by atoms with Crippen LogP contribution in [0.25, 0.3) is 0 Å². The van der Waals surface area contributed by atoms with Crippen molar-refractivity contribution in [2.75, 3.05) is 0 Å². The number of benzene rings is 1. The summed E-state index contributed by atoms with van der Waals surface area (Å²) in [5, 5.41) is 3.42. The molecule has 0 atom stereocenters. The van der Waals surface area contributed by atoms with Gasteiger partial charge >= 0.3 is 0 Å². The standard InChI is InChI=1S/C16H21FN2/c1-12(2)18-10-16-5-4-8-19(16)11-14-6-7-15(17)9-13(14)3/h4-9,12,18H,10-11H2,1-3H3. The molecule has 0 spiro atoms. The van der Waals surface area contributed by atoms with E-state index in [0.29, 0.717) is 6.04 Å². The quantitative estimate of drug-likeness (QED) is 0.871. The van der Waals surface area contributed by atoms with Crippen molar-refractivity contribution >= 4 is 0 Å². The summed E-state index contributed by atoms with van der Waals surface area (Å²) in [6.07, 6.45) is 2.07. The van der Waals surface area contributed by atoms with Crippen LogP contribution in [0.15, 0.2) is 36.5 Å². The molecule has 0 aliphatic heterocycles. The first-order valence-corrected chi connectivity index (χ1v) is 6.68. The van der Waals surface area contributed by atoms with Gasteiger partial charge in [-0.25, -0.2) is 4.39 Å². The van der Waals surface area contributed by atoms with Crippen LogP contribution in [0, 0.1) is 12.7 Å². The molecule has 1 N–H and O–H groups in total. The second-order valence-electron chi connectivity index (χ2n) is 5.23. The number of nitrogens with one attached hydrogen (secondary N) is 1. The molecule has 0 aliphatic carbocycles. The average molecular weight is 260 g/mol. The predicted molar refractivity (Wildman–Crippen MR) is 76.6 cm³/mol. The van der Waals surface area contributed by atoms with E-state index in [1.807, 2.05) is 13.0 Å². The maximum Gasteiger partial charge on any atom is 0.123 e. The monoisotopic (exact) mass is 260 g/mol. The molecule has 0 amide bonds. The van der Waals surface area contributed by atoms with Gasteiger partial charge in [0.2, 0.25) is 0 Å². The van der Waals surface area contributed by atoms with Crippen molar-refractivity contribution in [1.82, 2.24) is 9.88 Å². The van der Waals surface area contributed by atoms with Crippen LogP contribution in [-0.2, 0) is 13.1 Å². The summed E-state index contributed by atoms with van der Waals surface area (Å²) in [5.74, 6) is -0.171. The molecular formula is C16H21FN2. The molecule has 0 saturated carbocycles. The molecule has 0 bridgehead atoms. The highest BCUT2D eigenvalue weighted by Crippen LogP contribution is 2.13. The summed E-state index contributed by atoms with van der Waals surface area (Å²) in [6, 6.07) is 9.62. The van der Waals surface area contributed by atoms with Crippen LogP contribution < -0.4 is 5.32 Å². The molecule has 2 aromatic rings. The number of aryl methyl sites for hydroxylation is 1. The zero-order chi connectivity index (χ0) is 13.8.